The van der Waals surface area contributed by atoms with E-state index in [4.69, 9.17) is 0 Å². The highest BCUT2D eigenvalue weighted by atomic mass is 16.3. The van der Waals surface area contributed by atoms with Gasteiger partial charge in [-0.25, -0.2) is 0 Å². The third-order valence-corrected chi connectivity index (χ3v) is 5.41. The number of nitrogens with zero attached hydrogens (tertiary/aromatic N) is 2. The molecular weight excluding hydrogens is 266 g/mol. The van der Waals surface area contributed by atoms with Crippen LogP contribution in [0.5, 0.6) is 0 Å². The maximum Gasteiger partial charge on any atom is 0.240 e. The van der Waals surface area contributed by atoms with Crippen molar-refractivity contribution in [2.45, 2.75) is 62.8 Å². The van der Waals surface area contributed by atoms with Crippen molar-refractivity contribution < 1.29 is 9.90 Å². The number of likely N-dealkylation sites (tertiary alicyclic amines) is 1. The van der Waals surface area contributed by atoms with Gasteiger partial charge in [0.2, 0.25) is 5.91 Å². The minimum atomic E-state index is -0.359. The second kappa shape index (κ2) is 6.23. The van der Waals surface area contributed by atoms with Crippen LogP contribution in [-0.4, -0.2) is 72.2 Å². The molecule has 2 heterocycles. The van der Waals surface area contributed by atoms with E-state index in [9.17, 15) is 9.90 Å². The smallest absolute Gasteiger partial charge is 0.240 e. The maximum atomic E-state index is 12.9. The molecule has 1 aliphatic carbocycles. The predicted molar refractivity (Wildman–Crippen MR) is 82.0 cm³/mol. The second-order valence-electron chi connectivity index (χ2n) is 7.40. The molecule has 2 N–H and O–H groups in total. The molecule has 5 unspecified atom stereocenters. The molecule has 5 heteroatoms. The van der Waals surface area contributed by atoms with Gasteiger partial charge in [-0.3, -0.25) is 4.79 Å². The van der Waals surface area contributed by atoms with Gasteiger partial charge >= 0.3 is 0 Å². The Hall–Kier alpha value is -0.650. The Morgan fingerprint density at radius 3 is 2.76 bits per heavy atom. The van der Waals surface area contributed by atoms with E-state index in [1.807, 2.05) is 19.0 Å². The van der Waals surface area contributed by atoms with Crippen LogP contribution in [0.4, 0.5) is 0 Å². The van der Waals surface area contributed by atoms with Gasteiger partial charge in [0.1, 0.15) is 0 Å². The quantitative estimate of drug-likeness (QED) is 0.793. The summed E-state index contributed by atoms with van der Waals surface area (Å²) >= 11 is 0. The largest absolute Gasteiger partial charge is 0.391 e. The lowest BCUT2D eigenvalue weighted by atomic mass is 9.85. The molecule has 5 nitrogen and oxygen atoms in total. The number of aliphatic hydroxyl groups excluding tert-OH is 1. The van der Waals surface area contributed by atoms with Crippen LogP contribution in [-0.2, 0) is 4.79 Å². The molecular formula is C16H29N3O2. The Bertz CT molecular complexity index is 374. The fraction of sp³-hybridized carbons (Fsp3) is 0.938. The number of β-amino-alcohol motifs (C(OH)–C–C–N with tert-alkyl or cyclic N) is 1. The summed E-state index contributed by atoms with van der Waals surface area (Å²) in [5, 5.41) is 13.5. The Morgan fingerprint density at radius 1 is 1.29 bits per heavy atom. The standard InChI is InChI=1S/C16H29N3O2/c1-18(2)9-12-8-13(20)10-19(12)16(21)15-7-11-5-3-4-6-14(11)17-15/h11-15,17,20H,3-10H2,1-2H3. The fourth-order valence-corrected chi connectivity index (χ4v) is 4.47. The molecule has 0 radical (unpaired) electrons. The highest BCUT2D eigenvalue weighted by Crippen LogP contribution is 2.34. The van der Waals surface area contributed by atoms with Gasteiger partial charge < -0.3 is 20.2 Å². The molecule has 3 fully saturated rings. The molecule has 0 spiro atoms. The Balaban J connectivity index is 1.63. The molecule has 2 saturated heterocycles. The van der Waals surface area contributed by atoms with Crippen LogP contribution in [0.3, 0.4) is 0 Å². The van der Waals surface area contributed by atoms with Gasteiger partial charge in [0, 0.05) is 25.2 Å². The number of carbonyl (C=O) groups is 1. The van der Waals surface area contributed by atoms with Gasteiger partial charge in [0.25, 0.3) is 0 Å². The van der Waals surface area contributed by atoms with Gasteiger partial charge in [-0.05, 0) is 45.7 Å². The summed E-state index contributed by atoms with van der Waals surface area (Å²) in [6.45, 7) is 1.34. The van der Waals surface area contributed by atoms with Crippen molar-refractivity contribution in [2.24, 2.45) is 5.92 Å². The maximum absolute atomic E-state index is 12.9. The van der Waals surface area contributed by atoms with Gasteiger partial charge in [0.15, 0.2) is 0 Å². The first kappa shape index (κ1) is 15.3. The van der Waals surface area contributed by atoms with Crippen LogP contribution in [0.25, 0.3) is 0 Å². The second-order valence-corrected chi connectivity index (χ2v) is 7.40. The molecule has 2 aliphatic heterocycles. The first-order valence-corrected chi connectivity index (χ1v) is 8.44. The van der Waals surface area contributed by atoms with E-state index in [1.54, 1.807) is 0 Å². The van der Waals surface area contributed by atoms with Crippen LogP contribution >= 0.6 is 0 Å². The number of carbonyl (C=O) groups excluding carboxylic acids is 1. The zero-order valence-electron chi connectivity index (χ0n) is 13.3. The summed E-state index contributed by atoms with van der Waals surface area (Å²) < 4.78 is 0. The van der Waals surface area contributed by atoms with Crippen molar-refractivity contribution in [2.75, 3.05) is 27.2 Å². The van der Waals surface area contributed by atoms with E-state index in [0.717, 1.165) is 13.0 Å². The first-order chi connectivity index (χ1) is 10.0. The number of likely N-dealkylation sites (N-methyl/N-ethyl adjacent to an activating group) is 1. The van der Waals surface area contributed by atoms with Crippen molar-refractivity contribution >= 4 is 5.91 Å². The average Bonchev–Trinajstić information content (AvgIpc) is 3.00. The lowest BCUT2D eigenvalue weighted by molar-refractivity contribution is -0.134. The highest BCUT2D eigenvalue weighted by Gasteiger charge is 2.43. The van der Waals surface area contributed by atoms with Crippen LogP contribution in [0.1, 0.15) is 38.5 Å². The predicted octanol–water partition coefficient (Wildman–Crippen LogP) is 0.431. The summed E-state index contributed by atoms with van der Waals surface area (Å²) in [6, 6.07) is 0.688. The number of rotatable bonds is 3. The number of aliphatic hydroxyl groups is 1. The van der Waals surface area contributed by atoms with Crippen LogP contribution < -0.4 is 5.32 Å². The van der Waals surface area contributed by atoms with Crippen molar-refractivity contribution in [1.29, 1.82) is 0 Å². The zero-order chi connectivity index (χ0) is 15.0. The summed E-state index contributed by atoms with van der Waals surface area (Å²) in [5.74, 6) is 0.903. The topological polar surface area (TPSA) is 55.8 Å². The lowest BCUT2D eigenvalue weighted by Gasteiger charge is -2.29. The normalized spacial score (nSPS) is 39.8. The van der Waals surface area contributed by atoms with Crippen LogP contribution in [0.15, 0.2) is 0 Å². The number of nitrogens with one attached hydrogen (secondary N) is 1. The Labute approximate surface area is 127 Å². The van der Waals surface area contributed by atoms with Gasteiger partial charge in [-0.15, -0.1) is 0 Å². The van der Waals surface area contributed by atoms with E-state index in [-0.39, 0.29) is 24.1 Å². The first-order valence-electron chi connectivity index (χ1n) is 8.44. The third-order valence-electron chi connectivity index (χ3n) is 5.41. The number of hydrogen-bond donors (Lipinski definition) is 2. The van der Waals surface area contributed by atoms with E-state index < -0.39 is 0 Å². The lowest BCUT2D eigenvalue weighted by Crippen LogP contribution is -2.49. The molecule has 21 heavy (non-hydrogen) atoms. The van der Waals surface area contributed by atoms with Crippen LogP contribution in [0, 0.1) is 5.92 Å². The van der Waals surface area contributed by atoms with Gasteiger partial charge in [-0.2, -0.15) is 0 Å². The Morgan fingerprint density at radius 2 is 2.05 bits per heavy atom. The average molecular weight is 295 g/mol. The zero-order valence-corrected chi connectivity index (χ0v) is 13.3. The monoisotopic (exact) mass is 295 g/mol. The van der Waals surface area contributed by atoms with Crippen LogP contribution in [0.2, 0.25) is 0 Å². The molecule has 3 rings (SSSR count). The fourth-order valence-electron chi connectivity index (χ4n) is 4.47. The number of amides is 1. The van der Waals surface area contributed by atoms with Crippen molar-refractivity contribution in [1.82, 2.24) is 15.1 Å². The minimum Gasteiger partial charge on any atom is -0.391 e. The summed E-state index contributed by atoms with van der Waals surface area (Å²) in [5.41, 5.74) is 0. The SMILES string of the molecule is CN(C)CC1CC(O)CN1C(=O)C1CC2CCCCC2N1. The summed E-state index contributed by atoms with van der Waals surface area (Å²) in [4.78, 5) is 16.9. The third kappa shape index (κ3) is 3.25. The van der Waals surface area contributed by atoms with E-state index >= 15 is 0 Å². The molecule has 1 amide bonds. The summed E-state index contributed by atoms with van der Waals surface area (Å²) in [6.07, 6.45) is 6.44. The molecule has 0 aromatic rings. The highest BCUT2D eigenvalue weighted by molar-refractivity contribution is 5.83. The molecule has 0 aromatic carbocycles. The molecule has 1 saturated carbocycles. The van der Waals surface area contributed by atoms with E-state index in [1.165, 1.54) is 25.7 Å². The number of fused-ring (bicyclic) bond motifs is 1. The molecule has 5 atom stereocenters. The molecule has 0 bridgehead atoms. The molecule has 120 valence electrons. The molecule has 3 aliphatic rings. The van der Waals surface area contributed by atoms with Gasteiger partial charge in [0.05, 0.1) is 12.1 Å². The Kier molecular flexibility index (Phi) is 4.52. The minimum absolute atomic E-state index is 0.0203. The number of hydrogen-bond acceptors (Lipinski definition) is 4. The van der Waals surface area contributed by atoms with Gasteiger partial charge in [-0.1, -0.05) is 12.8 Å². The van der Waals surface area contributed by atoms with Crippen molar-refractivity contribution in [3.05, 3.63) is 0 Å². The van der Waals surface area contributed by atoms with E-state index in [0.29, 0.717) is 24.9 Å². The molecule has 0 aromatic heterocycles. The van der Waals surface area contributed by atoms with E-state index in [2.05, 4.69) is 10.2 Å². The van der Waals surface area contributed by atoms with Crippen molar-refractivity contribution in [3.63, 3.8) is 0 Å². The summed E-state index contributed by atoms with van der Waals surface area (Å²) in [7, 11) is 4.05. The van der Waals surface area contributed by atoms with Crippen molar-refractivity contribution in [3.8, 4) is 0 Å².